The van der Waals surface area contributed by atoms with E-state index in [1.807, 2.05) is 0 Å². The maximum atomic E-state index is 11.2. The minimum Gasteiger partial charge on any atom is -0.314 e. The van der Waals surface area contributed by atoms with E-state index in [9.17, 15) is 4.79 Å². The first kappa shape index (κ1) is 11.0. The summed E-state index contributed by atoms with van der Waals surface area (Å²) in [6, 6.07) is 0.854. The van der Waals surface area contributed by atoms with E-state index in [0.29, 0.717) is 18.6 Å². The Hall–Kier alpha value is -0.120. The van der Waals surface area contributed by atoms with Crippen LogP contribution in [0.4, 0.5) is 0 Å². The fourth-order valence-electron chi connectivity index (χ4n) is 1.73. The number of nitrogens with one attached hydrogen (secondary N) is 1. The Labute approximate surface area is 84.4 Å². The largest absolute Gasteiger partial charge is 0.314 e. The molecule has 2 atom stereocenters. The zero-order valence-corrected chi connectivity index (χ0v) is 8.97. The molecule has 1 saturated heterocycles. The molecule has 0 unspecified atom stereocenters. The molecular formula is C9H17ClN2O. The second kappa shape index (κ2) is 4.94. The molecule has 0 radical (unpaired) electrons. The number of hydrogen-bond donors (Lipinski definition) is 1. The van der Waals surface area contributed by atoms with Gasteiger partial charge in [0.2, 0.25) is 0 Å². The van der Waals surface area contributed by atoms with Gasteiger partial charge in [0.25, 0.3) is 0 Å². The van der Waals surface area contributed by atoms with Crippen LogP contribution in [0.2, 0.25) is 0 Å². The summed E-state index contributed by atoms with van der Waals surface area (Å²) in [5.74, 6) is 0.242. The van der Waals surface area contributed by atoms with Gasteiger partial charge in [-0.15, -0.1) is 11.6 Å². The highest BCUT2D eigenvalue weighted by molar-refractivity contribution is 6.27. The van der Waals surface area contributed by atoms with E-state index in [-0.39, 0.29) is 11.7 Å². The first-order chi connectivity index (χ1) is 6.15. The molecule has 0 spiro atoms. The van der Waals surface area contributed by atoms with E-state index in [1.54, 1.807) is 0 Å². The van der Waals surface area contributed by atoms with Gasteiger partial charge in [0.15, 0.2) is 5.78 Å². The van der Waals surface area contributed by atoms with E-state index < -0.39 is 0 Å². The van der Waals surface area contributed by atoms with Crippen molar-refractivity contribution in [1.29, 1.82) is 0 Å². The highest BCUT2D eigenvalue weighted by Crippen LogP contribution is 2.09. The number of carbonyl (C=O) groups is 1. The summed E-state index contributed by atoms with van der Waals surface area (Å²) in [5.41, 5.74) is 0. The highest BCUT2D eigenvalue weighted by Gasteiger charge is 2.25. The fraction of sp³-hybridized carbons (Fsp3) is 0.889. The summed E-state index contributed by atoms with van der Waals surface area (Å²) < 4.78 is 0. The van der Waals surface area contributed by atoms with Crippen LogP contribution in [0.15, 0.2) is 0 Å². The zero-order chi connectivity index (χ0) is 9.84. The van der Waals surface area contributed by atoms with Gasteiger partial charge in [0, 0.05) is 25.2 Å². The van der Waals surface area contributed by atoms with Crippen LogP contribution in [-0.4, -0.2) is 48.3 Å². The Bertz CT molecular complexity index is 176. The molecule has 1 heterocycles. The van der Waals surface area contributed by atoms with Crippen LogP contribution in [0.5, 0.6) is 0 Å². The smallest absolute Gasteiger partial charge is 0.161 e. The first-order valence-corrected chi connectivity index (χ1v) is 5.22. The third kappa shape index (κ3) is 2.93. The van der Waals surface area contributed by atoms with Crippen molar-refractivity contribution in [2.45, 2.75) is 25.9 Å². The quantitative estimate of drug-likeness (QED) is 0.679. The van der Waals surface area contributed by atoms with Crippen molar-refractivity contribution in [3.63, 3.8) is 0 Å². The number of ketones is 1. The van der Waals surface area contributed by atoms with Crippen LogP contribution >= 0.6 is 11.6 Å². The third-order valence-corrected chi connectivity index (χ3v) is 2.82. The van der Waals surface area contributed by atoms with Gasteiger partial charge in [-0.3, -0.25) is 9.69 Å². The van der Waals surface area contributed by atoms with Gasteiger partial charge in [-0.05, 0) is 13.8 Å². The summed E-state index contributed by atoms with van der Waals surface area (Å²) >= 11 is 5.47. The van der Waals surface area contributed by atoms with E-state index >= 15 is 0 Å². The Morgan fingerprint density at radius 2 is 2.00 bits per heavy atom. The van der Waals surface area contributed by atoms with Crippen molar-refractivity contribution in [3.8, 4) is 0 Å². The molecule has 1 aliphatic rings. The summed E-state index contributed by atoms with van der Waals surface area (Å²) in [5, 5.41) is 3.32. The van der Waals surface area contributed by atoms with Crippen LogP contribution in [-0.2, 0) is 4.79 Å². The van der Waals surface area contributed by atoms with Crippen molar-refractivity contribution in [2.24, 2.45) is 0 Å². The Balaban J connectivity index is 2.48. The van der Waals surface area contributed by atoms with Crippen LogP contribution < -0.4 is 5.32 Å². The molecule has 0 bridgehead atoms. The highest BCUT2D eigenvalue weighted by atomic mass is 35.5. The van der Waals surface area contributed by atoms with Gasteiger partial charge in [-0.25, -0.2) is 0 Å². The summed E-state index contributed by atoms with van der Waals surface area (Å²) in [6.45, 7) is 6.67. The van der Waals surface area contributed by atoms with Gasteiger partial charge in [-0.1, -0.05) is 0 Å². The van der Waals surface area contributed by atoms with E-state index in [4.69, 9.17) is 11.6 Å². The molecule has 1 rings (SSSR count). The maximum absolute atomic E-state index is 11.2. The lowest BCUT2D eigenvalue weighted by molar-refractivity contribution is -0.119. The molecular weight excluding hydrogens is 188 g/mol. The van der Waals surface area contributed by atoms with Gasteiger partial charge in [0.1, 0.15) is 0 Å². The second-order valence-electron chi connectivity index (χ2n) is 3.70. The monoisotopic (exact) mass is 204 g/mol. The third-order valence-electron chi connectivity index (χ3n) is 2.52. The Kier molecular flexibility index (Phi) is 4.16. The summed E-state index contributed by atoms with van der Waals surface area (Å²) in [7, 11) is 0. The predicted molar refractivity (Wildman–Crippen MR) is 54.2 cm³/mol. The molecule has 0 aliphatic carbocycles. The van der Waals surface area contributed by atoms with E-state index in [0.717, 1.165) is 13.1 Å². The number of nitrogens with zero attached hydrogens (tertiary/aromatic N) is 1. The number of halogens is 1. The molecule has 1 N–H and O–H groups in total. The lowest BCUT2D eigenvalue weighted by Crippen LogP contribution is -2.56. The van der Waals surface area contributed by atoms with Gasteiger partial charge >= 0.3 is 0 Å². The molecule has 3 nitrogen and oxygen atoms in total. The van der Waals surface area contributed by atoms with Crippen LogP contribution in [0, 0.1) is 0 Å². The predicted octanol–water partition coefficient (Wildman–Crippen LogP) is 0.476. The molecule has 0 aromatic heterocycles. The molecule has 76 valence electrons. The lowest BCUT2D eigenvalue weighted by atomic mass is 10.1. The number of rotatable bonds is 3. The van der Waals surface area contributed by atoms with Crippen molar-refractivity contribution in [3.05, 3.63) is 0 Å². The average molecular weight is 205 g/mol. The average Bonchev–Trinajstić information content (AvgIpc) is 2.11. The number of carbonyl (C=O) groups excluding carboxylic acids is 1. The van der Waals surface area contributed by atoms with Gasteiger partial charge in [0.05, 0.1) is 12.4 Å². The molecule has 0 aromatic carbocycles. The lowest BCUT2D eigenvalue weighted by Gasteiger charge is -2.38. The maximum Gasteiger partial charge on any atom is 0.161 e. The number of hydrogen-bond acceptors (Lipinski definition) is 3. The van der Waals surface area contributed by atoms with Gasteiger partial charge in [-0.2, -0.15) is 0 Å². The van der Waals surface area contributed by atoms with Crippen molar-refractivity contribution < 1.29 is 4.79 Å². The minimum absolute atomic E-state index is 0.113. The summed E-state index contributed by atoms with van der Waals surface area (Å²) in [4.78, 5) is 13.4. The SMILES string of the molecule is C[C@@H]1CNC[C@H](C)N1CC(=O)CCl. The van der Waals surface area contributed by atoms with Crippen molar-refractivity contribution in [1.82, 2.24) is 10.2 Å². The topological polar surface area (TPSA) is 32.3 Å². The molecule has 0 saturated carbocycles. The number of Topliss-reactive ketones (excluding diaryl/α,β-unsaturated/α-hetero) is 1. The molecule has 13 heavy (non-hydrogen) atoms. The minimum atomic E-state index is 0.113. The van der Waals surface area contributed by atoms with Crippen LogP contribution in [0.1, 0.15) is 13.8 Å². The Morgan fingerprint density at radius 1 is 1.46 bits per heavy atom. The molecule has 0 aromatic rings. The second-order valence-corrected chi connectivity index (χ2v) is 3.97. The molecule has 1 aliphatic heterocycles. The normalized spacial score (nSPS) is 30.4. The number of alkyl halides is 1. The standard InChI is InChI=1S/C9H17ClN2O/c1-7-4-11-5-8(2)12(7)6-9(13)3-10/h7-8,11H,3-6H2,1-2H3/t7-,8+. The number of piperazine rings is 1. The van der Waals surface area contributed by atoms with E-state index in [2.05, 4.69) is 24.1 Å². The van der Waals surface area contributed by atoms with Crippen molar-refractivity contribution in [2.75, 3.05) is 25.5 Å². The first-order valence-electron chi connectivity index (χ1n) is 4.69. The molecule has 1 fully saturated rings. The molecule has 4 heteroatoms. The van der Waals surface area contributed by atoms with E-state index in [1.165, 1.54) is 0 Å². The van der Waals surface area contributed by atoms with Crippen LogP contribution in [0.3, 0.4) is 0 Å². The zero-order valence-electron chi connectivity index (χ0n) is 8.22. The molecule has 0 amide bonds. The Morgan fingerprint density at radius 3 is 2.46 bits per heavy atom. The summed E-state index contributed by atoms with van der Waals surface area (Å²) in [6.07, 6.45) is 0. The van der Waals surface area contributed by atoms with Crippen LogP contribution in [0.25, 0.3) is 0 Å². The fourth-order valence-corrected chi connectivity index (χ4v) is 1.81. The van der Waals surface area contributed by atoms with Crippen molar-refractivity contribution >= 4 is 17.4 Å². The van der Waals surface area contributed by atoms with Gasteiger partial charge < -0.3 is 5.32 Å².